The quantitative estimate of drug-likeness (QED) is 0.632. The van der Waals surface area contributed by atoms with Crippen molar-refractivity contribution < 1.29 is 19.1 Å². The number of amides is 3. The summed E-state index contributed by atoms with van der Waals surface area (Å²) in [6.45, 7) is 2.14. The Morgan fingerprint density at radius 2 is 1.88 bits per heavy atom. The fourth-order valence-electron chi connectivity index (χ4n) is 4.38. The predicted molar refractivity (Wildman–Crippen MR) is 88.1 cm³/mol. The lowest BCUT2D eigenvalue weighted by molar-refractivity contribution is -0.149. The van der Waals surface area contributed by atoms with E-state index in [9.17, 15) is 14.4 Å². The summed E-state index contributed by atoms with van der Waals surface area (Å²) in [7, 11) is 0. The second-order valence-electron chi connectivity index (χ2n) is 7.63. The van der Waals surface area contributed by atoms with Gasteiger partial charge in [-0.3, -0.25) is 14.5 Å². The second kappa shape index (κ2) is 7.11. The minimum atomic E-state index is -0.807. The Morgan fingerprint density at radius 3 is 2.58 bits per heavy atom. The lowest BCUT2D eigenvalue weighted by atomic mass is 9.73. The zero-order valence-corrected chi connectivity index (χ0v) is 14.5. The van der Waals surface area contributed by atoms with Crippen LogP contribution in [0.5, 0.6) is 0 Å². The third-order valence-corrected chi connectivity index (χ3v) is 5.99. The number of ether oxygens (including phenoxy) is 1. The van der Waals surface area contributed by atoms with E-state index in [-0.39, 0.29) is 18.4 Å². The normalized spacial score (nSPS) is 31.4. The number of esters is 1. The zero-order chi connectivity index (χ0) is 17.2. The van der Waals surface area contributed by atoms with Crippen LogP contribution in [0.4, 0.5) is 4.79 Å². The van der Waals surface area contributed by atoms with E-state index in [1.807, 2.05) is 6.92 Å². The summed E-state index contributed by atoms with van der Waals surface area (Å²) in [5, 5.41) is 2.86. The van der Waals surface area contributed by atoms with Gasteiger partial charge >= 0.3 is 12.0 Å². The van der Waals surface area contributed by atoms with E-state index in [0.29, 0.717) is 18.9 Å². The highest BCUT2D eigenvalue weighted by atomic mass is 16.5. The first-order valence-electron chi connectivity index (χ1n) is 9.32. The molecule has 0 aromatic carbocycles. The Kier molecular flexibility index (Phi) is 5.11. The third-order valence-electron chi connectivity index (χ3n) is 5.99. The van der Waals surface area contributed by atoms with Crippen molar-refractivity contribution in [2.45, 2.75) is 70.3 Å². The number of nitrogens with zero attached hydrogens (tertiary/aromatic N) is 1. The number of rotatable bonds is 4. The standard InChI is InChI=1S/C18H28N2O4/c1-13-7-5-6-10-18(13)16(22)20(17(23)19-18)11-15(21)24-12-14-8-3-2-4-9-14/h13-14H,2-12H2,1H3,(H,19,23)/t13-,18+/m0/s1. The number of nitrogens with one attached hydrogen (secondary N) is 1. The molecule has 134 valence electrons. The van der Waals surface area contributed by atoms with E-state index < -0.39 is 17.5 Å². The topological polar surface area (TPSA) is 75.7 Å². The zero-order valence-electron chi connectivity index (χ0n) is 14.5. The highest BCUT2D eigenvalue weighted by molar-refractivity contribution is 6.08. The molecular weight excluding hydrogens is 308 g/mol. The first kappa shape index (κ1) is 17.2. The molecule has 0 aromatic heterocycles. The van der Waals surface area contributed by atoms with Gasteiger partial charge in [-0.25, -0.2) is 4.79 Å². The van der Waals surface area contributed by atoms with E-state index in [1.165, 1.54) is 19.3 Å². The molecule has 6 nitrogen and oxygen atoms in total. The maximum absolute atomic E-state index is 12.8. The smallest absolute Gasteiger partial charge is 0.326 e. The Hall–Kier alpha value is -1.59. The molecule has 24 heavy (non-hydrogen) atoms. The molecule has 3 amide bonds. The molecule has 2 atom stereocenters. The first-order chi connectivity index (χ1) is 11.5. The second-order valence-corrected chi connectivity index (χ2v) is 7.63. The highest BCUT2D eigenvalue weighted by Crippen LogP contribution is 2.38. The molecule has 1 spiro atoms. The molecule has 1 saturated heterocycles. The molecular formula is C18H28N2O4. The van der Waals surface area contributed by atoms with Crippen LogP contribution in [0, 0.1) is 11.8 Å². The van der Waals surface area contributed by atoms with Crippen molar-refractivity contribution in [2.24, 2.45) is 11.8 Å². The van der Waals surface area contributed by atoms with Gasteiger partial charge in [0.05, 0.1) is 6.61 Å². The lowest BCUT2D eigenvalue weighted by Gasteiger charge is -2.36. The maximum atomic E-state index is 12.8. The molecule has 2 aliphatic carbocycles. The Balaban J connectivity index is 1.55. The van der Waals surface area contributed by atoms with E-state index >= 15 is 0 Å². The average molecular weight is 336 g/mol. The van der Waals surface area contributed by atoms with Gasteiger partial charge in [0.2, 0.25) is 0 Å². The molecule has 1 aliphatic heterocycles. The summed E-state index contributed by atoms with van der Waals surface area (Å²) < 4.78 is 5.33. The van der Waals surface area contributed by atoms with Gasteiger partial charge in [-0.15, -0.1) is 0 Å². The summed E-state index contributed by atoms with van der Waals surface area (Å²) in [6, 6.07) is -0.455. The molecule has 1 N–H and O–H groups in total. The maximum Gasteiger partial charge on any atom is 0.326 e. The van der Waals surface area contributed by atoms with Crippen molar-refractivity contribution in [3.63, 3.8) is 0 Å². The number of carbonyl (C=O) groups excluding carboxylic acids is 3. The molecule has 2 saturated carbocycles. The summed E-state index contributed by atoms with van der Waals surface area (Å²) in [4.78, 5) is 38.1. The number of hydrogen-bond acceptors (Lipinski definition) is 4. The predicted octanol–water partition coefficient (Wildman–Crippen LogP) is 2.61. The monoisotopic (exact) mass is 336 g/mol. The first-order valence-corrected chi connectivity index (χ1v) is 9.32. The molecule has 6 heteroatoms. The van der Waals surface area contributed by atoms with Gasteiger partial charge in [-0.05, 0) is 37.5 Å². The third kappa shape index (κ3) is 3.28. The van der Waals surface area contributed by atoms with Gasteiger partial charge in [-0.1, -0.05) is 39.0 Å². The highest BCUT2D eigenvalue weighted by Gasteiger charge is 2.55. The van der Waals surface area contributed by atoms with Crippen LogP contribution in [-0.2, 0) is 14.3 Å². The van der Waals surface area contributed by atoms with Crippen molar-refractivity contribution in [2.75, 3.05) is 13.2 Å². The van der Waals surface area contributed by atoms with Crippen LogP contribution in [0.3, 0.4) is 0 Å². The molecule has 3 fully saturated rings. The molecule has 0 aromatic rings. The van der Waals surface area contributed by atoms with Crippen LogP contribution in [0.1, 0.15) is 64.7 Å². The molecule has 3 aliphatic rings. The fraction of sp³-hybridized carbons (Fsp3) is 0.833. The van der Waals surface area contributed by atoms with Gasteiger partial charge in [0.25, 0.3) is 5.91 Å². The van der Waals surface area contributed by atoms with Gasteiger partial charge in [0, 0.05) is 0 Å². The molecule has 3 rings (SSSR count). The van der Waals surface area contributed by atoms with Crippen molar-refractivity contribution in [3.8, 4) is 0 Å². The lowest BCUT2D eigenvalue weighted by Crippen LogP contribution is -2.54. The fourth-order valence-corrected chi connectivity index (χ4v) is 4.38. The van der Waals surface area contributed by atoms with Crippen LogP contribution in [0.15, 0.2) is 0 Å². The Labute approximate surface area is 143 Å². The van der Waals surface area contributed by atoms with Crippen molar-refractivity contribution in [3.05, 3.63) is 0 Å². The van der Waals surface area contributed by atoms with Crippen LogP contribution in [0.25, 0.3) is 0 Å². The minimum Gasteiger partial charge on any atom is -0.464 e. The molecule has 0 unspecified atom stereocenters. The van der Waals surface area contributed by atoms with Crippen molar-refractivity contribution in [1.82, 2.24) is 10.2 Å². The number of carbonyl (C=O) groups is 3. The summed E-state index contributed by atoms with van der Waals surface area (Å²) in [6.07, 6.45) is 9.41. The van der Waals surface area contributed by atoms with Gasteiger partial charge in [-0.2, -0.15) is 0 Å². The molecule has 1 heterocycles. The van der Waals surface area contributed by atoms with Gasteiger partial charge in [0.1, 0.15) is 12.1 Å². The van der Waals surface area contributed by atoms with Crippen molar-refractivity contribution >= 4 is 17.9 Å². The summed E-state index contributed by atoms with van der Waals surface area (Å²) in [5.74, 6) is -0.208. The Morgan fingerprint density at radius 1 is 1.17 bits per heavy atom. The van der Waals surface area contributed by atoms with E-state index in [1.54, 1.807) is 0 Å². The van der Waals surface area contributed by atoms with Gasteiger partial charge < -0.3 is 10.1 Å². The van der Waals surface area contributed by atoms with Crippen LogP contribution in [0.2, 0.25) is 0 Å². The van der Waals surface area contributed by atoms with Crippen molar-refractivity contribution in [1.29, 1.82) is 0 Å². The molecule has 0 radical (unpaired) electrons. The van der Waals surface area contributed by atoms with E-state index in [2.05, 4.69) is 5.32 Å². The Bertz CT molecular complexity index is 515. The summed E-state index contributed by atoms with van der Waals surface area (Å²) >= 11 is 0. The average Bonchev–Trinajstić information content (AvgIpc) is 2.82. The largest absolute Gasteiger partial charge is 0.464 e. The van der Waals surface area contributed by atoms with E-state index in [0.717, 1.165) is 37.0 Å². The van der Waals surface area contributed by atoms with Crippen LogP contribution < -0.4 is 5.32 Å². The molecule has 0 bridgehead atoms. The van der Waals surface area contributed by atoms with Crippen LogP contribution in [-0.4, -0.2) is 41.5 Å². The number of urea groups is 1. The van der Waals surface area contributed by atoms with Crippen LogP contribution >= 0.6 is 0 Å². The summed E-state index contributed by atoms with van der Waals surface area (Å²) in [5.41, 5.74) is -0.807. The van der Waals surface area contributed by atoms with E-state index in [4.69, 9.17) is 4.74 Å². The minimum absolute atomic E-state index is 0.103. The number of imide groups is 1. The number of hydrogen-bond donors (Lipinski definition) is 1. The van der Waals surface area contributed by atoms with Gasteiger partial charge in [0.15, 0.2) is 0 Å². The SMILES string of the molecule is C[C@H]1CCCC[C@@]12NC(=O)N(CC(=O)OCC1CCCCC1)C2=O.